The van der Waals surface area contributed by atoms with Crippen LogP contribution in [0.1, 0.15) is 16.2 Å². The fourth-order valence-electron chi connectivity index (χ4n) is 3.05. The maximum absolute atomic E-state index is 12.7. The van der Waals surface area contributed by atoms with Crippen molar-refractivity contribution in [3.63, 3.8) is 0 Å². The van der Waals surface area contributed by atoms with Crippen LogP contribution in [0.2, 0.25) is 0 Å². The second kappa shape index (κ2) is 8.38. The van der Waals surface area contributed by atoms with Crippen molar-refractivity contribution in [3.8, 4) is 28.4 Å². The third kappa shape index (κ3) is 3.90. The standard InChI is InChI=1S/C22H20N4O3S/c1-14-11-18(25-26(14)15-7-5-4-6-8-15)21(27)24-22-23-19(13-30-22)17-12-16(28-2)9-10-20(17)29-3/h4-13H,1-3H3,(H,23,24,27). The molecule has 0 aliphatic rings. The Morgan fingerprint density at radius 2 is 1.87 bits per heavy atom. The van der Waals surface area contributed by atoms with Gasteiger partial charge in [0.1, 0.15) is 11.5 Å². The van der Waals surface area contributed by atoms with Crippen molar-refractivity contribution < 1.29 is 14.3 Å². The van der Waals surface area contributed by atoms with Crippen LogP contribution in [0.25, 0.3) is 16.9 Å². The van der Waals surface area contributed by atoms with Crippen LogP contribution < -0.4 is 14.8 Å². The predicted octanol–water partition coefficient (Wildman–Crippen LogP) is 4.57. The average molecular weight is 420 g/mol. The van der Waals surface area contributed by atoms with Crippen molar-refractivity contribution in [1.82, 2.24) is 14.8 Å². The zero-order valence-electron chi connectivity index (χ0n) is 16.7. The number of carbonyl (C=O) groups excluding carboxylic acids is 1. The maximum Gasteiger partial charge on any atom is 0.277 e. The highest BCUT2D eigenvalue weighted by Crippen LogP contribution is 2.35. The fourth-order valence-corrected chi connectivity index (χ4v) is 3.75. The van der Waals surface area contributed by atoms with Gasteiger partial charge < -0.3 is 9.47 Å². The number of nitrogens with zero attached hydrogens (tertiary/aromatic N) is 3. The molecule has 0 fully saturated rings. The molecule has 4 rings (SSSR count). The monoisotopic (exact) mass is 420 g/mol. The number of carbonyl (C=O) groups is 1. The van der Waals surface area contributed by atoms with Gasteiger partial charge in [-0.3, -0.25) is 10.1 Å². The van der Waals surface area contributed by atoms with Crippen LogP contribution in [0.3, 0.4) is 0 Å². The Balaban J connectivity index is 1.56. The molecule has 2 heterocycles. The van der Waals surface area contributed by atoms with E-state index in [1.807, 2.05) is 60.8 Å². The van der Waals surface area contributed by atoms with Gasteiger partial charge in [0.05, 0.1) is 25.6 Å². The number of aromatic nitrogens is 3. The van der Waals surface area contributed by atoms with Crippen LogP contribution >= 0.6 is 11.3 Å². The first-order valence-corrected chi connectivity index (χ1v) is 10.1. The number of thiazole rings is 1. The zero-order chi connectivity index (χ0) is 21.1. The molecule has 4 aromatic rings. The van der Waals surface area contributed by atoms with Gasteiger partial charge in [-0.1, -0.05) is 18.2 Å². The summed E-state index contributed by atoms with van der Waals surface area (Å²) in [7, 11) is 3.21. The summed E-state index contributed by atoms with van der Waals surface area (Å²) in [6.07, 6.45) is 0. The molecular weight excluding hydrogens is 400 g/mol. The van der Waals surface area contributed by atoms with Crippen LogP contribution in [0, 0.1) is 6.92 Å². The van der Waals surface area contributed by atoms with E-state index in [2.05, 4.69) is 15.4 Å². The normalized spacial score (nSPS) is 10.6. The number of rotatable bonds is 6. The maximum atomic E-state index is 12.7. The first-order valence-electron chi connectivity index (χ1n) is 9.20. The Bertz CT molecular complexity index is 1180. The van der Waals surface area contributed by atoms with Gasteiger partial charge in [0.15, 0.2) is 10.8 Å². The third-order valence-electron chi connectivity index (χ3n) is 4.53. The molecule has 152 valence electrons. The molecule has 0 bridgehead atoms. The number of benzene rings is 2. The minimum Gasteiger partial charge on any atom is -0.497 e. The van der Waals surface area contributed by atoms with E-state index in [1.165, 1.54) is 11.3 Å². The van der Waals surface area contributed by atoms with Crippen LogP contribution in [0.5, 0.6) is 11.5 Å². The molecule has 0 spiro atoms. The molecule has 0 aliphatic carbocycles. The summed E-state index contributed by atoms with van der Waals surface area (Å²) in [5, 5.41) is 9.60. The van der Waals surface area contributed by atoms with E-state index < -0.39 is 0 Å². The molecule has 0 saturated heterocycles. The topological polar surface area (TPSA) is 78.3 Å². The Labute approximate surface area is 177 Å². The number of ether oxygens (including phenoxy) is 2. The van der Waals surface area contributed by atoms with E-state index in [0.717, 1.165) is 16.9 Å². The quantitative estimate of drug-likeness (QED) is 0.494. The molecule has 7 nitrogen and oxygen atoms in total. The molecule has 30 heavy (non-hydrogen) atoms. The Morgan fingerprint density at radius 3 is 2.60 bits per heavy atom. The van der Waals surface area contributed by atoms with E-state index in [-0.39, 0.29) is 5.91 Å². The predicted molar refractivity (Wildman–Crippen MR) is 117 cm³/mol. The highest BCUT2D eigenvalue weighted by atomic mass is 32.1. The number of aryl methyl sites for hydroxylation is 1. The summed E-state index contributed by atoms with van der Waals surface area (Å²) in [5.41, 5.74) is 3.57. The second-order valence-electron chi connectivity index (χ2n) is 6.48. The molecule has 8 heteroatoms. The smallest absolute Gasteiger partial charge is 0.277 e. The minimum absolute atomic E-state index is 0.314. The summed E-state index contributed by atoms with van der Waals surface area (Å²) >= 11 is 1.33. The van der Waals surface area contributed by atoms with Crippen LogP contribution in [0.4, 0.5) is 5.13 Å². The van der Waals surface area contributed by atoms with Gasteiger partial charge in [-0.2, -0.15) is 5.10 Å². The molecule has 0 unspecified atom stereocenters. The highest BCUT2D eigenvalue weighted by Gasteiger charge is 2.17. The lowest BCUT2D eigenvalue weighted by Crippen LogP contribution is -2.13. The minimum atomic E-state index is -0.314. The van der Waals surface area contributed by atoms with Crippen molar-refractivity contribution in [2.75, 3.05) is 19.5 Å². The molecule has 1 N–H and O–H groups in total. The van der Waals surface area contributed by atoms with Crippen molar-refractivity contribution >= 4 is 22.4 Å². The summed E-state index contributed by atoms with van der Waals surface area (Å²) in [4.78, 5) is 17.2. The number of hydrogen-bond donors (Lipinski definition) is 1. The molecule has 0 radical (unpaired) electrons. The van der Waals surface area contributed by atoms with E-state index in [0.29, 0.717) is 28.0 Å². The third-order valence-corrected chi connectivity index (χ3v) is 5.29. The van der Waals surface area contributed by atoms with E-state index in [9.17, 15) is 4.79 Å². The zero-order valence-corrected chi connectivity index (χ0v) is 17.6. The van der Waals surface area contributed by atoms with Gasteiger partial charge in [0.25, 0.3) is 5.91 Å². The van der Waals surface area contributed by atoms with Gasteiger partial charge in [0, 0.05) is 16.6 Å². The van der Waals surface area contributed by atoms with Gasteiger partial charge in [-0.05, 0) is 43.3 Å². The van der Waals surface area contributed by atoms with Gasteiger partial charge >= 0.3 is 0 Å². The Hall–Kier alpha value is -3.65. The molecule has 1 amide bonds. The van der Waals surface area contributed by atoms with Gasteiger partial charge in [0.2, 0.25) is 0 Å². The number of para-hydroxylation sites is 1. The van der Waals surface area contributed by atoms with E-state index >= 15 is 0 Å². The van der Waals surface area contributed by atoms with Gasteiger partial charge in [-0.15, -0.1) is 11.3 Å². The average Bonchev–Trinajstić information content (AvgIpc) is 3.40. The van der Waals surface area contributed by atoms with E-state index in [1.54, 1.807) is 25.0 Å². The molecular formula is C22H20N4O3S. The number of amides is 1. The molecule has 0 aliphatic heterocycles. The number of anilines is 1. The van der Waals surface area contributed by atoms with Gasteiger partial charge in [-0.25, -0.2) is 9.67 Å². The van der Waals surface area contributed by atoms with Crippen LogP contribution in [0.15, 0.2) is 60.0 Å². The molecule has 2 aromatic carbocycles. The summed E-state index contributed by atoms with van der Waals surface area (Å²) in [6, 6.07) is 16.9. The van der Waals surface area contributed by atoms with Crippen molar-refractivity contribution in [3.05, 3.63) is 71.4 Å². The summed E-state index contributed by atoms with van der Waals surface area (Å²) < 4.78 is 12.5. The second-order valence-corrected chi connectivity index (χ2v) is 7.33. The van der Waals surface area contributed by atoms with Crippen molar-refractivity contribution in [2.45, 2.75) is 6.92 Å². The molecule has 0 atom stereocenters. The van der Waals surface area contributed by atoms with Crippen molar-refractivity contribution in [2.24, 2.45) is 0 Å². The SMILES string of the molecule is COc1ccc(OC)c(-c2csc(NC(=O)c3cc(C)n(-c4ccccc4)n3)n2)c1. The first-order chi connectivity index (χ1) is 14.6. The van der Waals surface area contributed by atoms with E-state index in [4.69, 9.17) is 9.47 Å². The summed E-state index contributed by atoms with van der Waals surface area (Å²) in [6.45, 7) is 1.91. The Morgan fingerprint density at radius 1 is 1.07 bits per heavy atom. The van der Waals surface area contributed by atoms with Crippen LogP contribution in [-0.2, 0) is 0 Å². The lowest BCUT2D eigenvalue weighted by atomic mass is 10.1. The number of nitrogens with one attached hydrogen (secondary N) is 1. The van der Waals surface area contributed by atoms with Crippen LogP contribution in [-0.4, -0.2) is 34.9 Å². The summed E-state index contributed by atoms with van der Waals surface area (Å²) in [5.74, 6) is 1.06. The largest absolute Gasteiger partial charge is 0.497 e. The lowest BCUT2D eigenvalue weighted by molar-refractivity contribution is 0.102. The molecule has 0 saturated carbocycles. The number of hydrogen-bond acceptors (Lipinski definition) is 6. The highest BCUT2D eigenvalue weighted by molar-refractivity contribution is 7.14. The van der Waals surface area contributed by atoms with Crippen molar-refractivity contribution in [1.29, 1.82) is 0 Å². The molecule has 2 aromatic heterocycles. The number of methoxy groups -OCH3 is 2. The Kier molecular flexibility index (Phi) is 5.49. The lowest BCUT2D eigenvalue weighted by Gasteiger charge is -2.08. The fraction of sp³-hybridized carbons (Fsp3) is 0.136. The first kappa shape index (κ1) is 19.7.